The van der Waals surface area contributed by atoms with E-state index in [1.54, 1.807) is 17.8 Å². The molecule has 0 aliphatic carbocycles. The van der Waals surface area contributed by atoms with E-state index >= 15 is 0 Å². The van der Waals surface area contributed by atoms with Gasteiger partial charge in [-0.05, 0) is 74.4 Å². The van der Waals surface area contributed by atoms with Crippen LogP contribution in [0.15, 0.2) is 34.3 Å². The number of phenols is 4. The van der Waals surface area contributed by atoms with Crippen LogP contribution < -0.4 is 0 Å². The summed E-state index contributed by atoms with van der Waals surface area (Å²) in [7, 11) is 2.11. The largest absolute Gasteiger partial charge is 0.508 e. The lowest BCUT2D eigenvalue weighted by Gasteiger charge is -2.30. The summed E-state index contributed by atoms with van der Waals surface area (Å²) in [5, 5.41) is 51.9. The molecule has 9 nitrogen and oxygen atoms in total. The molecule has 0 radical (unpaired) electrons. The summed E-state index contributed by atoms with van der Waals surface area (Å²) in [6.45, 7) is 7.06. The molecule has 0 aromatic heterocycles. The fraction of sp³-hybridized carbons (Fsp3) is 0.516. The number of aliphatic carboxylic acids is 1. The zero-order valence-corrected chi connectivity index (χ0v) is 26.1. The van der Waals surface area contributed by atoms with Gasteiger partial charge in [-0.3, -0.25) is 9.98 Å². The van der Waals surface area contributed by atoms with E-state index in [-0.39, 0.29) is 28.4 Å². The van der Waals surface area contributed by atoms with Crippen LogP contribution in [0.1, 0.15) is 61.8 Å². The molecule has 0 saturated heterocycles. The van der Waals surface area contributed by atoms with Crippen LogP contribution in [0.4, 0.5) is 0 Å². The summed E-state index contributed by atoms with van der Waals surface area (Å²) in [6.07, 6.45) is 5.08. The van der Waals surface area contributed by atoms with Crippen LogP contribution in [-0.4, -0.2) is 90.7 Å². The Morgan fingerprint density at radius 1 is 0.905 bits per heavy atom. The van der Waals surface area contributed by atoms with Crippen LogP contribution in [0, 0.1) is 5.41 Å². The molecule has 0 spiro atoms. The molecule has 4 rings (SSSR count). The van der Waals surface area contributed by atoms with Gasteiger partial charge >= 0.3 is 5.97 Å². The topological polar surface area (TPSA) is 146 Å². The zero-order chi connectivity index (χ0) is 30.4. The Bertz CT molecular complexity index is 1360. The number of benzene rings is 2. The number of aliphatic imine (C=N–C) groups is 2. The zero-order valence-electron chi connectivity index (χ0n) is 24.5. The maximum Gasteiger partial charge on any atom is 0.329 e. The minimum atomic E-state index is -0.982. The van der Waals surface area contributed by atoms with Crippen molar-refractivity contribution < 1.29 is 30.3 Å². The summed E-state index contributed by atoms with van der Waals surface area (Å²) in [4.78, 5) is 22.2. The first-order valence-corrected chi connectivity index (χ1v) is 16.3. The Kier molecular flexibility index (Phi) is 10.7. The first-order chi connectivity index (χ1) is 19.9. The summed E-state index contributed by atoms with van der Waals surface area (Å²) in [5.41, 5.74) is 2.81. The van der Waals surface area contributed by atoms with Crippen molar-refractivity contribution in [3.63, 3.8) is 0 Å². The predicted octanol–water partition coefficient (Wildman–Crippen LogP) is 5.25. The molecular weight excluding hydrogens is 574 g/mol. The van der Waals surface area contributed by atoms with Crippen molar-refractivity contribution in [1.82, 2.24) is 4.90 Å². The number of carbonyl (C=O) groups is 1. The SMILES string of the molecule is CN(CCCc1cc(C2=NCCS2)c(O)cc1O)CC(C)(C)CCCCc1cc(C2=NC(C(=O)O)CS2)c(O)cc1O. The van der Waals surface area contributed by atoms with Gasteiger partial charge in [0.05, 0.1) is 0 Å². The Morgan fingerprint density at radius 3 is 2.10 bits per heavy atom. The van der Waals surface area contributed by atoms with Gasteiger partial charge in [-0.2, -0.15) is 0 Å². The van der Waals surface area contributed by atoms with E-state index in [4.69, 9.17) is 0 Å². The van der Waals surface area contributed by atoms with Gasteiger partial charge in [0.25, 0.3) is 0 Å². The Morgan fingerprint density at radius 2 is 1.52 bits per heavy atom. The van der Waals surface area contributed by atoms with Crippen molar-refractivity contribution >= 4 is 39.6 Å². The minimum Gasteiger partial charge on any atom is -0.508 e. The maximum absolute atomic E-state index is 11.2. The van der Waals surface area contributed by atoms with Crippen LogP contribution in [-0.2, 0) is 17.6 Å². The standard InChI is InChI=1S/C31H41N3O6S2/c1-31(2,18-34(3)11-6-8-20-13-21(26(37)15-25(20)36)28-32-10-12-41-28)9-5-4-7-19-14-22(27(38)16-24(19)35)29-33-23(17-42-29)30(39)40/h13-16,23,35-38H,4-12,17-18H2,1-3H3,(H,39,40). The highest BCUT2D eigenvalue weighted by atomic mass is 32.2. The average molecular weight is 616 g/mol. The quantitative estimate of drug-likeness (QED) is 0.180. The number of carboxylic acid groups (broad SMARTS) is 1. The van der Waals surface area contributed by atoms with Gasteiger partial charge in [0.1, 0.15) is 33.1 Å². The third kappa shape index (κ3) is 8.35. The number of aromatic hydroxyl groups is 4. The summed E-state index contributed by atoms with van der Waals surface area (Å²) in [6, 6.07) is 5.53. The molecule has 0 fully saturated rings. The first kappa shape index (κ1) is 32.0. The Labute approximate surface area is 255 Å². The van der Waals surface area contributed by atoms with E-state index in [1.807, 2.05) is 6.07 Å². The van der Waals surface area contributed by atoms with Crippen LogP contribution in [0.25, 0.3) is 0 Å². The molecule has 2 aromatic carbocycles. The van der Waals surface area contributed by atoms with Crippen LogP contribution in [0.5, 0.6) is 23.0 Å². The molecular formula is C31H41N3O6S2. The second-order valence-electron chi connectivity index (χ2n) is 11.8. The Balaban J connectivity index is 1.23. The molecule has 2 aliphatic heterocycles. The second-order valence-corrected chi connectivity index (χ2v) is 13.9. The van der Waals surface area contributed by atoms with Gasteiger partial charge in [0.2, 0.25) is 0 Å². The number of rotatable bonds is 14. The van der Waals surface area contributed by atoms with E-state index in [1.165, 1.54) is 23.9 Å². The lowest BCUT2D eigenvalue weighted by molar-refractivity contribution is -0.137. The normalized spacial score (nSPS) is 17.1. The number of nitrogens with zero attached hydrogens (tertiary/aromatic N) is 3. The van der Waals surface area contributed by atoms with Gasteiger partial charge in [-0.1, -0.05) is 20.3 Å². The number of aryl methyl sites for hydroxylation is 2. The number of thioether (sulfide) groups is 2. The molecule has 0 bridgehead atoms. The van der Waals surface area contributed by atoms with Crippen molar-refractivity contribution in [2.45, 2.75) is 58.4 Å². The van der Waals surface area contributed by atoms with E-state index in [2.05, 4.69) is 35.8 Å². The monoisotopic (exact) mass is 615 g/mol. The second kappa shape index (κ2) is 14.1. The molecule has 42 heavy (non-hydrogen) atoms. The third-order valence-electron chi connectivity index (χ3n) is 7.61. The van der Waals surface area contributed by atoms with Crippen molar-refractivity contribution in [3.8, 4) is 23.0 Å². The predicted molar refractivity (Wildman–Crippen MR) is 171 cm³/mol. The molecule has 2 aromatic rings. The van der Waals surface area contributed by atoms with E-state index in [0.717, 1.165) is 67.2 Å². The van der Waals surface area contributed by atoms with Crippen molar-refractivity contribution in [2.75, 3.05) is 38.2 Å². The maximum atomic E-state index is 11.2. The minimum absolute atomic E-state index is 0.0374. The fourth-order valence-corrected chi connectivity index (χ4v) is 7.41. The third-order valence-corrected chi connectivity index (χ3v) is 9.70. The smallest absolute Gasteiger partial charge is 0.329 e. The molecule has 2 heterocycles. The molecule has 228 valence electrons. The number of unbranched alkanes of at least 4 members (excludes halogenated alkanes) is 1. The summed E-state index contributed by atoms with van der Waals surface area (Å²) < 4.78 is 0. The van der Waals surface area contributed by atoms with Crippen LogP contribution in [0.2, 0.25) is 0 Å². The average Bonchev–Trinajstić information content (AvgIpc) is 3.62. The molecule has 1 atom stereocenters. The number of carboxylic acids is 1. The van der Waals surface area contributed by atoms with Gasteiger partial charge in [-0.25, -0.2) is 4.79 Å². The highest BCUT2D eigenvalue weighted by Crippen LogP contribution is 2.35. The molecule has 0 amide bonds. The van der Waals surface area contributed by atoms with E-state index in [9.17, 15) is 30.3 Å². The molecule has 0 saturated carbocycles. The number of hydrogen-bond donors (Lipinski definition) is 5. The molecule has 5 N–H and O–H groups in total. The fourth-order valence-electron chi connectivity index (χ4n) is 5.48. The highest BCUT2D eigenvalue weighted by Gasteiger charge is 2.27. The summed E-state index contributed by atoms with van der Waals surface area (Å²) >= 11 is 2.93. The lowest BCUT2D eigenvalue weighted by atomic mass is 9.86. The van der Waals surface area contributed by atoms with Gasteiger partial charge in [0, 0.05) is 47.9 Å². The summed E-state index contributed by atoms with van der Waals surface area (Å²) in [5.74, 6) is 0.395. The lowest BCUT2D eigenvalue weighted by Crippen LogP contribution is -2.32. The van der Waals surface area contributed by atoms with Gasteiger partial charge in [0.15, 0.2) is 6.04 Å². The molecule has 1 unspecified atom stereocenters. The number of hydrogen-bond acceptors (Lipinski definition) is 10. The molecule has 11 heteroatoms. The highest BCUT2D eigenvalue weighted by molar-refractivity contribution is 8.15. The van der Waals surface area contributed by atoms with Gasteiger partial charge < -0.3 is 30.4 Å². The van der Waals surface area contributed by atoms with Gasteiger partial charge in [-0.15, -0.1) is 23.5 Å². The van der Waals surface area contributed by atoms with Crippen molar-refractivity contribution in [1.29, 1.82) is 0 Å². The first-order valence-electron chi connectivity index (χ1n) is 14.3. The Hall–Kier alpha value is -2.89. The van der Waals surface area contributed by atoms with Crippen LogP contribution in [0.3, 0.4) is 0 Å². The van der Waals surface area contributed by atoms with Crippen molar-refractivity contribution in [2.24, 2.45) is 15.4 Å². The van der Waals surface area contributed by atoms with E-state index < -0.39 is 12.0 Å². The van der Waals surface area contributed by atoms with Crippen LogP contribution >= 0.6 is 23.5 Å². The van der Waals surface area contributed by atoms with Crippen molar-refractivity contribution in [3.05, 3.63) is 46.5 Å². The van der Waals surface area contributed by atoms with E-state index in [0.29, 0.717) is 34.8 Å². The number of phenolic OH excluding ortho intramolecular Hbond substituents is 4. The molecule has 2 aliphatic rings.